The van der Waals surface area contributed by atoms with Crippen LogP contribution in [0.3, 0.4) is 0 Å². The number of carbonyl (C=O) groups excluding carboxylic acids is 2. The Morgan fingerprint density at radius 1 is 1.07 bits per heavy atom. The monoisotopic (exact) mass is 594 g/mol. The zero-order chi connectivity index (χ0) is 30.7. The van der Waals surface area contributed by atoms with Crippen LogP contribution in [0.1, 0.15) is 51.3 Å². The first kappa shape index (κ1) is 29.2. The van der Waals surface area contributed by atoms with E-state index in [2.05, 4.69) is 30.9 Å². The second-order valence-electron chi connectivity index (χ2n) is 9.59. The van der Waals surface area contributed by atoms with E-state index in [9.17, 15) is 31.5 Å². The van der Waals surface area contributed by atoms with Gasteiger partial charge in [0.15, 0.2) is 11.6 Å². The SMILES string of the molecule is C[C@H](NC(=O)c1cc(C(F)(F)F)cnc1NCC=Cc1ccc2c(c1)NC(=O)C2=Cc1cnc[nH]1)c1ccc(F)c(F)c1. The number of halogens is 5. The normalized spacial score (nSPS) is 14.6. The van der Waals surface area contributed by atoms with E-state index < -0.39 is 35.3 Å². The van der Waals surface area contributed by atoms with Crippen LogP contribution in [-0.4, -0.2) is 33.3 Å². The van der Waals surface area contributed by atoms with Crippen LogP contribution in [0, 0.1) is 11.6 Å². The van der Waals surface area contributed by atoms with Crippen LogP contribution >= 0.6 is 0 Å². The number of carbonyl (C=O) groups is 2. The number of pyridine rings is 1. The molecule has 2 aromatic heterocycles. The number of aromatic amines is 1. The summed E-state index contributed by atoms with van der Waals surface area (Å²) >= 11 is 0. The summed E-state index contributed by atoms with van der Waals surface area (Å²) < 4.78 is 67.1. The van der Waals surface area contributed by atoms with Gasteiger partial charge in [-0.3, -0.25) is 9.59 Å². The highest BCUT2D eigenvalue weighted by Gasteiger charge is 2.33. The summed E-state index contributed by atoms with van der Waals surface area (Å²) in [7, 11) is 0. The van der Waals surface area contributed by atoms with Crippen LogP contribution in [0.2, 0.25) is 0 Å². The molecule has 1 aliphatic rings. The predicted molar refractivity (Wildman–Crippen MR) is 151 cm³/mol. The molecule has 0 saturated heterocycles. The molecule has 43 heavy (non-hydrogen) atoms. The Kier molecular flexibility index (Phi) is 8.06. The average molecular weight is 595 g/mol. The highest BCUT2D eigenvalue weighted by molar-refractivity contribution is 6.34. The van der Waals surface area contributed by atoms with Crippen molar-refractivity contribution in [1.82, 2.24) is 20.3 Å². The number of hydrogen-bond donors (Lipinski definition) is 4. The minimum absolute atomic E-state index is 0.0891. The number of rotatable bonds is 8. The largest absolute Gasteiger partial charge is 0.417 e. The van der Waals surface area contributed by atoms with Crippen molar-refractivity contribution in [3.05, 3.63) is 112 Å². The molecule has 4 N–H and O–H groups in total. The van der Waals surface area contributed by atoms with Gasteiger partial charge in [-0.05, 0) is 48.4 Å². The van der Waals surface area contributed by atoms with E-state index in [1.165, 1.54) is 19.3 Å². The van der Waals surface area contributed by atoms with E-state index in [4.69, 9.17) is 0 Å². The van der Waals surface area contributed by atoms with Crippen LogP contribution in [0.25, 0.3) is 17.7 Å². The maximum atomic E-state index is 13.6. The summed E-state index contributed by atoms with van der Waals surface area (Å²) in [6.07, 6.45) is 4.05. The summed E-state index contributed by atoms with van der Waals surface area (Å²) in [5.41, 5.74) is 1.95. The van der Waals surface area contributed by atoms with Crippen LogP contribution in [0.4, 0.5) is 33.5 Å². The van der Waals surface area contributed by atoms with Gasteiger partial charge in [-0.2, -0.15) is 13.2 Å². The summed E-state index contributed by atoms with van der Waals surface area (Å²) in [6, 6.07) is 8.23. The number of fused-ring (bicyclic) bond motifs is 1. The Hall–Kier alpha value is -5.33. The summed E-state index contributed by atoms with van der Waals surface area (Å²) in [4.78, 5) is 36.1. The van der Waals surface area contributed by atoms with Gasteiger partial charge in [0.2, 0.25) is 0 Å². The number of amides is 2. The van der Waals surface area contributed by atoms with E-state index in [1.807, 2.05) is 0 Å². The number of aromatic nitrogens is 3. The molecule has 0 fully saturated rings. The molecule has 13 heteroatoms. The summed E-state index contributed by atoms with van der Waals surface area (Å²) in [5.74, 6) is -3.45. The highest BCUT2D eigenvalue weighted by atomic mass is 19.4. The molecule has 0 spiro atoms. The zero-order valence-electron chi connectivity index (χ0n) is 22.4. The van der Waals surface area contributed by atoms with E-state index in [-0.39, 0.29) is 29.4 Å². The molecule has 0 saturated carbocycles. The molecule has 0 aliphatic carbocycles. The maximum absolute atomic E-state index is 13.6. The van der Waals surface area contributed by atoms with Gasteiger partial charge in [0.1, 0.15) is 5.82 Å². The second-order valence-corrected chi connectivity index (χ2v) is 9.59. The molecule has 5 rings (SSSR count). The van der Waals surface area contributed by atoms with Gasteiger partial charge in [-0.15, -0.1) is 0 Å². The molecule has 2 aromatic carbocycles. The Labute approximate surface area is 241 Å². The molecule has 4 aromatic rings. The van der Waals surface area contributed by atoms with Crippen molar-refractivity contribution in [2.75, 3.05) is 17.2 Å². The standard InChI is InChI=1S/C30H23F5N6O2/c1-16(18-5-7-24(31)25(32)10-18)40-29(43)23-11-19(30(33,34)35)13-38-27(23)37-8-2-3-17-4-6-21-22(12-20-14-36-15-39-20)28(42)41-26(21)9-17/h2-7,9-16H,8H2,1H3,(H,36,39)(H,37,38)(H,40,43)(H,41,42)/t16-/m0/s1. The fourth-order valence-corrected chi connectivity index (χ4v) is 4.38. The first-order chi connectivity index (χ1) is 20.5. The van der Waals surface area contributed by atoms with Gasteiger partial charge in [0.25, 0.3) is 11.8 Å². The lowest BCUT2D eigenvalue weighted by Gasteiger charge is -2.17. The Morgan fingerprint density at radius 2 is 1.88 bits per heavy atom. The predicted octanol–water partition coefficient (Wildman–Crippen LogP) is 6.21. The lowest BCUT2D eigenvalue weighted by Crippen LogP contribution is -2.28. The molecule has 1 atom stereocenters. The maximum Gasteiger partial charge on any atom is 0.417 e. The van der Waals surface area contributed by atoms with Gasteiger partial charge in [0, 0.05) is 24.0 Å². The molecule has 8 nitrogen and oxygen atoms in total. The average Bonchev–Trinajstić information content (AvgIpc) is 3.59. The van der Waals surface area contributed by atoms with Crippen LogP contribution < -0.4 is 16.0 Å². The molecule has 0 radical (unpaired) electrons. The highest BCUT2D eigenvalue weighted by Crippen LogP contribution is 2.34. The van der Waals surface area contributed by atoms with Crippen LogP contribution in [-0.2, 0) is 11.0 Å². The summed E-state index contributed by atoms with van der Waals surface area (Å²) in [5, 5.41) is 8.15. The van der Waals surface area contributed by atoms with Gasteiger partial charge >= 0.3 is 6.18 Å². The molecular weight excluding hydrogens is 571 g/mol. The van der Waals surface area contributed by atoms with E-state index in [1.54, 1.807) is 42.6 Å². The number of imidazole rings is 1. The molecule has 0 unspecified atom stereocenters. The third-order valence-corrected chi connectivity index (χ3v) is 6.59. The van der Waals surface area contributed by atoms with Crippen molar-refractivity contribution in [2.45, 2.75) is 19.1 Å². The first-order valence-corrected chi connectivity index (χ1v) is 12.9. The zero-order valence-corrected chi connectivity index (χ0v) is 22.4. The second kappa shape index (κ2) is 11.9. The minimum atomic E-state index is -4.75. The first-order valence-electron chi connectivity index (χ1n) is 12.9. The summed E-state index contributed by atoms with van der Waals surface area (Å²) in [6.45, 7) is 1.57. The van der Waals surface area contributed by atoms with Crippen molar-refractivity contribution >= 4 is 41.0 Å². The number of alkyl halides is 3. The van der Waals surface area contributed by atoms with Gasteiger partial charge < -0.3 is 20.9 Å². The fourth-order valence-electron chi connectivity index (χ4n) is 4.38. The number of anilines is 2. The number of hydrogen-bond acceptors (Lipinski definition) is 5. The van der Waals surface area contributed by atoms with Crippen molar-refractivity contribution in [3.8, 4) is 0 Å². The molecule has 0 bridgehead atoms. The van der Waals surface area contributed by atoms with Crippen LogP contribution in [0.15, 0.2) is 67.3 Å². The fraction of sp³-hybridized carbons (Fsp3) is 0.133. The van der Waals surface area contributed by atoms with Crippen LogP contribution in [0.5, 0.6) is 0 Å². The topological polar surface area (TPSA) is 112 Å². The van der Waals surface area contributed by atoms with Crippen molar-refractivity contribution < 1.29 is 31.5 Å². The molecular formula is C30H23F5N6O2. The molecule has 2 amide bonds. The quantitative estimate of drug-likeness (QED) is 0.143. The molecule has 3 heterocycles. The Balaban J connectivity index is 1.30. The Bertz CT molecular complexity index is 1750. The van der Waals surface area contributed by atoms with Gasteiger partial charge in [0.05, 0.1) is 41.0 Å². The molecule has 1 aliphatic heterocycles. The lowest BCUT2D eigenvalue weighted by atomic mass is 10.0. The van der Waals surface area contributed by atoms with Gasteiger partial charge in [-0.25, -0.2) is 18.7 Å². The number of nitrogens with zero attached hydrogens (tertiary/aromatic N) is 2. The number of H-pyrrole nitrogens is 1. The van der Waals surface area contributed by atoms with Gasteiger partial charge in [-0.1, -0.05) is 30.4 Å². The van der Waals surface area contributed by atoms with Crippen molar-refractivity contribution in [3.63, 3.8) is 0 Å². The smallest absolute Gasteiger partial charge is 0.366 e. The number of benzene rings is 2. The van der Waals surface area contributed by atoms with E-state index in [0.717, 1.165) is 23.3 Å². The third-order valence-electron chi connectivity index (χ3n) is 6.59. The molecule has 220 valence electrons. The third kappa shape index (κ3) is 6.61. The number of nitrogens with one attached hydrogen (secondary N) is 4. The van der Waals surface area contributed by atoms with E-state index >= 15 is 0 Å². The lowest BCUT2D eigenvalue weighted by molar-refractivity contribution is -0.137. The van der Waals surface area contributed by atoms with Crippen molar-refractivity contribution in [1.29, 1.82) is 0 Å². The minimum Gasteiger partial charge on any atom is -0.366 e. The van der Waals surface area contributed by atoms with Crippen molar-refractivity contribution in [2.24, 2.45) is 0 Å². The van der Waals surface area contributed by atoms with E-state index in [0.29, 0.717) is 29.2 Å². The Morgan fingerprint density at radius 3 is 2.60 bits per heavy atom.